The Kier molecular flexibility index (Phi) is 5.53. The summed E-state index contributed by atoms with van der Waals surface area (Å²) in [4.78, 5) is 18.2. The van der Waals surface area contributed by atoms with Gasteiger partial charge in [0.15, 0.2) is 5.69 Å². The molecule has 1 aliphatic rings. The Hall–Kier alpha value is -2.37. The van der Waals surface area contributed by atoms with Crippen molar-refractivity contribution in [3.8, 4) is 0 Å². The van der Waals surface area contributed by atoms with E-state index < -0.39 is 15.9 Å². The molecule has 1 aliphatic heterocycles. The van der Waals surface area contributed by atoms with Crippen molar-refractivity contribution in [2.24, 2.45) is 0 Å². The van der Waals surface area contributed by atoms with Crippen LogP contribution in [0.2, 0.25) is 0 Å². The van der Waals surface area contributed by atoms with E-state index in [1.54, 1.807) is 6.07 Å². The summed E-state index contributed by atoms with van der Waals surface area (Å²) >= 11 is 3.45. The van der Waals surface area contributed by atoms with Crippen LogP contribution in [-0.4, -0.2) is 49.8 Å². The summed E-state index contributed by atoms with van der Waals surface area (Å²) in [6, 6.07) is 5.41. The average Bonchev–Trinajstić information content (AvgIpc) is 3.10. The molecule has 2 aromatic rings. The third kappa shape index (κ3) is 4.15. The molecule has 27 heavy (non-hydrogen) atoms. The highest BCUT2D eigenvalue weighted by molar-refractivity contribution is 9.10. The second-order valence-electron chi connectivity index (χ2n) is 5.76. The van der Waals surface area contributed by atoms with E-state index >= 15 is 0 Å². The van der Waals surface area contributed by atoms with Crippen LogP contribution in [0.4, 0.5) is 17.4 Å². The first-order valence-electron chi connectivity index (χ1n) is 8.00. The number of aromatic nitrogens is 1. The van der Waals surface area contributed by atoms with Crippen molar-refractivity contribution >= 4 is 49.2 Å². The number of carbonyl (C=O) groups excluding carboxylic acids is 1. The number of piperazine rings is 1. The predicted octanol–water partition coefficient (Wildman–Crippen LogP) is 1.87. The van der Waals surface area contributed by atoms with Gasteiger partial charge in [-0.3, -0.25) is 4.79 Å². The molecule has 0 atom stereocenters. The van der Waals surface area contributed by atoms with Crippen molar-refractivity contribution in [1.29, 1.82) is 0 Å². The lowest BCUT2D eigenvalue weighted by Crippen LogP contribution is -2.48. The number of anilines is 3. The van der Waals surface area contributed by atoms with Crippen molar-refractivity contribution in [3.05, 3.63) is 46.6 Å². The molecule has 3 rings (SSSR count). The number of sulfonamides is 1. The lowest BCUT2D eigenvalue weighted by Gasteiger charge is -2.35. The SMILES string of the molecule is C=CS(=O)(=O)N1CCN(c2cccc(Br)c2NC(=O)c2coc(N)n2)CC1. The molecule has 0 saturated carbocycles. The Bertz CT molecular complexity index is 967. The van der Waals surface area contributed by atoms with Crippen LogP contribution in [0.3, 0.4) is 0 Å². The summed E-state index contributed by atoms with van der Waals surface area (Å²) in [6.07, 6.45) is 1.18. The highest BCUT2D eigenvalue weighted by atomic mass is 79.9. The number of para-hydroxylation sites is 1. The first-order valence-corrected chi connectivity index (χ1v) is 10.3. The van der Waals surface area contributed by atoms with Crippen molar-refractivity contribution in [2.75, 3.05) is 42.1 Å². The number of benzene rings is 1. The molecule has 1 saturated heterocycles. The normalized spacial score (nSPS) is 15.5. The molecular weight excluding hydrogens is 438 g/mol. The Morgan fingerprint density at radius 3 is 2.63 bits per heavy atom. The van der Waals surface area contributed by atoms with Gasteiger partial charge in [-0.1, -0.05) is 12.6 Å². The van der Waals surface area contributed by atoms with Gasteiger partial charge in [0.2, 0.25) is 10.0 Å². The summed E-state index contributed by atoms with van der Waals surface area (Å²) in [6.45, 7) is 4.96. The summed E-state index contributed by atoms with van der Waals surface area (Å²) in [5.74, 6) is -0.462. The van der Waals surface area contributed by atoms with Crippen LogP contribution in [-0.2, 0) is 10.0 Å². The molecule has 0 radical (unpaired) electrons. The minimum Gasteiger partial charge on any atom is -0.431 e. The molecule has 1 aromatic carbocycles. The largest absolute Gasteiger partial charge is 0.431 e. The fourth-order valence-corrected chi connectivity index (χ4v) is 4.10. The summed E-state index contributed by atoms with van der Waals surface area (Å²) in [5, 5.41) is 3.76. The zero-order valence-electron chi connectivity index (χ0n) is 14.3. The number of rotatable bonds is 5. The molecule has 0 bridgehead atoms. The monoisotopic (exact) mass is 455 g/mol. The van der Waals surface area contributed by atoms with E-state index in [-0.39, 0.29) is 11.7 Å². The maximum Gasteiger partial charge on any atom is 0.292 e. The maximum absolute atomic E-state index is 12.4. The molecule has 11 heteroatoms. The van der Waals surface area contributed by atoms with E-state index in [4.69, 9.17) is 10.2 Å². The lowest BCUT2D eigenvalue weighted by molar-refractivity contribution is 0.102. The fraction of sp³-hybridized carbons (Fsp3) is 0.250. The number of nitrogen functional groups attached to an aromatic ring is 1. The van der Waals surface area contributed by atoms with Crippen molar-refractivity contribution in [1.82, 2.24) is 9.29 Å². The predicted molar refractivity (Wildman–Crippen MR) is 106 cm³/mol. The Balaban J connectivity index is 1.80. The molecule has 144 valence electrons. The van der Waals surface area contributed by atoms with E-state index in [0.717, 1.165) is 11.1 Å². The Morgan fingerprint density at radius 2 is 2.04 bits per heavy atom. The van der Waals surface area contributed by atoms with Gasteiger partial charge in [-0.2, -0.15) is 9.29 Å². The number of nitrogens with two attached hydrogens (primary N) is 1. The van der Waals surface area contributed by atoms with E-state index in [9.17, 15) is 13.2 Å². The van der Waals surface area contributed by atoms with Gasteiger partial charge in [0.1, 0.15) is 6.26 Å². The number of hydrogen-bond donors (Lipinski definition) is 2. The third-order valence-electron chi connectivity index (χ3n) is 4.13. The van der Waals surface area contributed by atoms with Crippen molar-refractivity contribution < 1.29 is 17.6 Å². The smallest absolute Gasteiger partial charge is 0.292 e. The number of hydrogen-bond acceptors (Lipinski definition) is 7. The Labute approximate surface area is 165 Å². The number of oxazole rings is 1. The van der Waals surface area contributed by atoms with Gasteiger partial charge >= 0.3 is 0 Å². The number of nitrogens with one attached hydrogen (secondary N) is 1. The van der Waals surface area contributed by atoms with Gasteiger partial charge in [0.25, 0.3) is 11.9 Å². The first kappa shape index (κ1) is 19.4. The van der Waals surface area contributed by atoms with Crippen LogP contribution in [0.25, 0.3) is 0 Å². The number of nitrogens with zero attached hydrogens (tertiary/aromatic N) is 3. The molecule has 1 fully saturated rings. The van der Waals surface area contributed by atoms with E-state index in [1.807, 2.05) is 17.0 Å². The highest BCUT2D eigenvalue weighted by Gasteiger charge is 2.26. The maximum atomic E-state index is 12.4. The van der Waals surface area contributed by atoms with Crippen LogP contribution in [0.1, 0.15) is 10.5 Å². The fourth-order valence-electron chi connectivity index (χ4n) is 2.76. The average molecular weight is 456 g/mol. The summed E-state index contributed by atoms with van der Waals surface area (Å²) < 4.78 is 30.8. The van der Waals surface area contributed by atoms with Crippen LogP contribution in [0.5, 0.6) is 0 Å². The topological polar surface area (TPSA) is 122 Å². The van der Waals surface area contributed by atoms with Gasteiger partial charge in [-0.15, -0.1) is 0 Å². The zero-order valence-corrected chi connectivity index (χ0v) is 16.7. The van der Waals surface area contributed by atoms with E-state index in [2.05, 4.69) is 32.8 Å². The number of carbonyl (C=O) groups is 1. The van der Waals surface area contributed by atoms with E-state index in [1.165, 1.54) is 10.6 Å². The van der Waals surface area contributed by atoms with Gasteiger partial charge in [0, 0.05) is 36.1 Å². The number of halogens is 1. The van der Waals surface area contributed by atoms with Crippen LogP contribution in [0, 0.1) is 0 Å². The molecule has 3 N–H and O–H groups in total. The minimum absolute atomic E-state index is 0.0658. The molecule has 0 spiro atoms. The third-order valence-corrected chi connectivity index (χ3v) is 6.30. The van der Waals surface area contributed by atoms with E-state index in [0.29, 0.717) is 36.3 Å². The highest BCUT2D eigenvalue weighted by Crippen LogP contribution is 2.34. The molecule has 9 nitrogen and oxygen atoms in total. The van der Waals surface area contributed by atoms with Crippen LogP contribution >= 0.6 is 15.9 Å². The second kappa shape index (κ2) is 7.71. The van der Waals surface area contributed by atoms with Gasteiger partial charge in [0.05, 0.1) is 11.4 Å². The summed E-state index contributed by atoms with van der Waals surface area (Å²) in [7, 11) is -3.44. The second-order valence-corrected chi connectivity index (χ2v) is 8.49. The van der Waals surface area contributed by atoms with Gasteiger partial charge in [-0.25, -0.2) is 8.42 Å². The lowest BCUT2D eigenvalue weighted by atomic mass is 10.2. The summed E-state index contributed by atoms with van der Waals surface area (Å²) in [5.41, 5.74) is 6.80. The van der Waals surface area contributed by atoms with Crippen molar-refractivity contribution in [2.45, 2.75) is 0 Å². The molecule has 1 aromatic heterocycles. The quantitative estimate of drug-likeness (QED) is 0.705. The van der Waals surface area contributed by atoms with Crippen LogP contribution < -0.4 is 16.0 Å². The molecule has 2 heterocycles. The van der Waals surface area contributed by atoms with Crippen LogP contribution in [0.15, 0.2) is 45.3 Å². The minimum atomic E-state index is -3.44. The van der Waals surface area contributed by atoms with Crippen molar-refractivity contribution in [3.63, 3.8) is 0 Å². The molecule has 0 unspecified atom stereocenters. The van der Waals surface area contributed by atoms with Gasteiger partial charge in [-0.05, 0) is 28.1 Å². The number of amides is 1. The zero-order chi connectivity index (χ0) is 19.6. The van der Waals surface area contributed by atoms with Gasteiger partial charge < -0.3 is 20.4 Å². The molecule has 1 amide bonds. The Morgan fingerprint density at radius 1 is 1.33 bits per heavy atom. The molecular formula is C16H18BrN5O4S. The first-order chi connectivity index (χ1) is 12.8. The molecule has 0 aliphatic carbocycles. The standard InChI is InChI=1S/C16H18BrN5O4S/c1-2-27(24,25)22-8-6-21(7-9-22)13-5-3-4-11(17)14(13)20-15(23)12-10-26-16(18)19-12/h2-5,10H,1,6-9H2,(H2,18,19)(H,20,23).